The Morgan fingerprint density at radius 2 is 1.24 bits per heavy atom. The fourth-order valence-electron chi connectivity index (χ4n) is 3.29. The van der Waals surface area contributed by atoms with Crippen molar-refractivity contribution >= 4 is 15.7 Å². The Hall–Kier alpha value is -3.50. The number of pyridine rings is 1. The summed E-state index contributed by atoms with van der Waals surface area (Å²) in [5, 5.41) is -0.136. The van der Waals surface area contributed by atoms with E-state index in [4.69, 9.17) is 24.7 Å². The molecule has 0 aliphatic heterocycles. The van der Waals surface area contributed by atoms with Gasteiger partial charge in [-0.15, -0.1) is 0 Å². The minimum absolute atomic E-state index is 0.0630. The van der Waals surface area contributed by atoms with E-state index in [1.54, 1.807) is 36.4 Å². The molecule has 0 atom stereocenters. The van der Waals surface area contributed by atoms with Crippen LogP contribution in [-0.2, 0) is 23.1 Å². The Balaban J connectivity index is 2.03. The third-order valence-electron chi connectivity index (χ3n) is 4.98. The first-order valence-electron chi connectivity index (χ1n) is 9.95. The van der Waals surface area contributed by atoms with Crippen molar-refractivity contribution in [2.24, 2.45) is 0 Å². The van der Waals surface area contributed by atoms with E-state index in [0.29, 0.717) is 39.8 Å². The second kappa shape index (κ2) is 10.4. The first-order valence-corrected chi connectivity index (χ1v) is 11.4. The van der Waals surface area contributed by atoms with Crippen molar-refractivity contribution in [2.45, 2.75) is 18.1 Å². The van der Waals surface area contributed by atoms with Crippen molar-refractivity contribution in [2.75, 3.05) is 34.2 Å². The van der Waals surface area contributed by atoms with Gasteiger partial charge in [-0.05, 0) is 47.5 Å². The number of anilines is 1. The first-order chi connectivity index (χ1) is 15.8. The summed E-state index contributed by atoms with van der Waals surface area (Å²) in [6.07, 6.45) is 1.37. The van der Waals surface area contributed by atoms with Gasteiger partial charge in [0.2, 0.25) is 0 Å². The molecule has 0 saturated heterocycles. The third kappa shape index (κ3) is 5.47. The number of benzene rings is 2. The van der Waals surface area contributed by atoms with Gasteiger partial charge in [-0.1, -0.05) is 12.1 Å². The number of nitrogens with zero attached hydrogens (tertiary/aromatic N) is 2. The van der Waals surface area contributed by atoms with Gasteiger partial charge in [-0.3, -0.25) is 0 Å². The maximum absolute atomic E-state index is 13.5. The molecule has 33 heavy (non-hydrogen) atoms. The van der Waals surface area contributed by atoms with Crippen LogP contribution in [0.15, 0.2) is 59.8 Å². The second-order valence-corrected chi connectivity index (χ2v) is 8.96. The Morgan fingerprint density at radius 1 is 0.758 bits per heavy atom. The Morgan fingerprint density at radius 3 is 1.67 bits per heavy atom. The molecule has 0 radical (unpaired) electrons. The van der Waals surface area contributed by atoms with Crippen LogP contribution in [0.1, 0.15) is 11.1 Å². The zero-order valence-electron chi connectivity index (χ0n) is 18.9. The fraction of sp³-hybridized carbons (Fsp3) is 0.261. The molecule has 2 N–H and O–H groups in total. The predicted molar refractivity (Wildman–Crippen MR) is 124 cm³/mol. The number of nitrogens with two attached hydrogens (primary N) is 1. The summed E-state index contributed by atoms with van der Waals surface area (Å²) in [6, 6.07) is 13.4. The highest BCUT2D eigenvalue weighted by molar-refractivity contribution is 7.89. The molecule has 1 aromatic heterocycles. The van der Waals surface area contributed by atoms with Gasteiger partial charge in [-0.25, -0.2) is 13.4 Å². The van der Waals surface area contributed by atoms with E-state index < -0.39 is 10.0 Å². The number of sulfonamides is 1. The zero-order chi connectivity index (χ0) is 24.0. The number of nitrogen functional groups attached to an aromatic ring is 1. The van der Waals surface area contributed by atoms with Gasteiger partial charge in [0.15, 0.2) is 28.0 Å². The summed E-state index contributed by atoms with van der Waals surface area (Å²) >= 11 is 0. The molecule has 3 aromatic rings. The Kier molecular flexibility index (Phi) is 7.62. The highest BCUT2D eigenvalue weighted by Gasteiger charge is 2.27. The van der Waals surface area contributed by atoms with E-state index in [1.165, 1.54) is 51.1 Å². The normalized spacial score (nSPS) is 11.3. The van der Waals surface area contributed by atoms with Crippen LogP contribution in [-0.4, -0.2) is 46.1 Å². The number of ether oxygens (including phenoxy) is 4. The monoisotopic (exact) mass is 473 g/mol. The fourth-order valence-corrected chi connectivity index (χ4v) is 4.67. The molecule has 0 spiro atoms. The number of hydrogen-bond donors (Lipinski definition) is 1. The van der Waals surface area contributed by atoms with Gasteiger partial charge in [-0.2, -0.15) is 4.31 Å². The van der Waals surface area contributed by atoms with E-state index in [9.17, 15) is 8.42 Å². The molecular weight excluding hydrogens is 446 g/mol. The molecule has 0 amide bonds. The summed E-state index contributed by atoms with van der Waals surface area (Å²) in [4.78, 5) is 4.04. The lowest BCUT2D eigenvalue weighted by Gasteiger charge is -2.23. The van der Waals surface area contributed by atoms with E-state index in [0.717, 1.165) is 0 Å². The van der Waals surface area contributed by atoms with Crippen LogP contribution in [0.3, 0.4) is 0 Å². The molecule has 3 rings (SSSR count). The lowest BCUT2D eigenvalue weighted by atomic mass is 10.1. The standard InChI is InChI=1S/C23H27N3O6S/c1-29-19-7-5-16(11-21(19)31-3)14-26(33(27,28)23-13-18(24)9-10-25-23)15-17-6-8-20(30-2)22(12-17)32-4/h5-13H,14-15H2,1-4H3,(H2,24,25). The molecule has 176 valence electrons. The summed E-state index contributed by atoms with van der Waals surface area (Å²) in [6.45, 7) is 0.126. The number of rotatable bonds is 10. The summed E-state index contributed by atoms with van der Waals surface area (Å²) < 4.78 is 49.7. The lowest BCUT2D eigenvalue weighted by molar-refractivity contribution is 0.350. The largest absolute Gasteiger partial charge is 0.493 e. The van der Waals surface area contributed by atoms with Gasteiger partial charge in [0.1, 0.15) is 0 Å². The van der Waals surface area contributed by atoms with Crippen molar-refractivity contribution in [3.8, 4) is 23.0 Å². The molecule has 0 aliphatic carbocycles. The van der Waals surface area contributed by atoms with Crippen molar-refractivity contribution < 1.29 is 27.4 Å². The predicted octanol–water partition coefficient (Wildman–Crippen LogP) is 3.09. The Bertz CT molecular complexity index is 1160. The highest BCUT2D eigenvalue weighted by Crippen LogP contribution is 2.31. The summed E-state index contributed by atoms with van der Waals surface area (Å²) in [5.74, 6) is 2.10. The summed E-state index contributed by atoms with van der Waals surface area (Å²) in [5.41, 5.74) is 7.54. The van der Waals surface area contributed by atoms with Gasteiger partial charge in [0, 0.05) is 25.0 Å². The van der Waals surface area contributed by atoms with E-state index in [-0.39, 0.29) is 18.1 Å². The summed E-state index contributed by atoms with van der Waals surface area (Å²) in [7, 11) is 2.13. The van der Waals surface area contributed by atoms with Gasteiger partial charge in [0.05, 0.1) is 28.4 Å². The van der Waals surface area contributed by atoms with Gasteiger partial charge >= 0.3 is 0 Å². The molecule has 1 heterocycles. The number of hydrogen-bond acceptors (Lipinski definition) is 8. The molecule has 0 bridgehead atoms. The minimum atomic E-state index is -3.99. The maximum Gasteiger partial charge on any atom is 0.261 e. The second-order valence-electron chi connectivity index (χ2n) is 7.08. The molecular formula is C23H27N3O6S. The highest BCUT2D eigenvalue weighted by atomic mass is 32.2. The third-order valence-corrected chi connectivity index (χ3v) is 6.67. The topological polar surface area (TPSA) is 113 Å². The number of methoxy groups -OCH3 is 4. The zero-order valence-corrected chi connectivity index (χ0v) is 19.8. The van der Waals surface area contributed by atoms with Crippen LogP contribution in [0.2, 0.25) is 0 Å². The van der Waals surface area contributed by atoms with Crippen molar-refractivity contribution in [3.05, 3.63) is 65.9 Å². The van der Waals surface area contributed by atoms with Crippen molar-refractivity contribution in [1.82, 2.24) is 9.29 Å². The van der Waals surface area contributed by atoms with Crippen LogP contribution < -0.4 is 24.7 Å². The average Bonchev–Trinajstić information content (AvgIpc) is 2.83. The van der Waals surface area contributed by atoms with Crippen LogP contribution >= 0.6 is 0 Å². The molecule has 2 aromatic carbocycles. The molecule has 0 unspecified atom stereocenters. The molecule has 0 aliphatic rings. The van der Waals surface area contributed by atoms with Crippen molar-refractivity contribution in [3.63, 3.8) is 0 Å². The van der Waals surface area contributed by atoms with Crippen LogP contribution in [0.4, 0.5) is 5.69 Å². The Labute approximate surface area is 193 Å². The molecule has 9 nitrogen and oxygen atoms in total. The van der Waals surface area contributed by atoms with Crippen molar-refractivity contribution in [1.29, 1.82) is 0 Å². The molecule has 0 fully saturated rings. The van der Waals surface area contributed by atoms with Gasteiger partial charge in [0.25, 0.3) is 10.0 Å². The quantitative estimate of drug-likeness (QED) is 0.478. The van der Waals surface area contributed by atoms with E-state index in [2.05, 4.69) is 4.98 Å². The average molecular weight is 474 g/mol. The maximum atomic E-state index is 13.5. The molecule has 10 heteroatoms. The lowest BCUT2D eigenvalue weighted by Crippen LogP contribution is -2.31. The first kappa shape index (κ1) is 24.1. The van der Waals surface area contributed by atoms with E-state index in [1.807, 2.05) is 0 Å². The number of aromatic nitrogens is 1. The van der Waals surface area contributed by atoms with E-state index >= 15 is 0 Å². The smallest absolute Gasteiger partial charge is 0.261 e. The van der Waals surface area contributed by atoms with Crippen LogP contribution in [0, 0.1) is 0 Å². The van der Waals surface area contributed by atoms with Crippen LogP contribution in [0.5, 0.6) is 23.0 Å². The SMILES string of the molecule is COc1ccc(CN(Cc2ccc(OC)c(OC)c2)S(=O)(=O)c2cc(N)ccn2)cc1OC. The minimum Gasteiger partial charge on any atom is -0.493 e. The molecule has 0 saturated carbocycles. The van der Waals surface area contributed by atoms with Gasteiger partial charge < -0.3 is 24.7 Å². The van der Waals surface area contributed by atoms with Crippen LogP contribution in [0.25, 0.3) is 0 Å².